The van der Waals surface area contributed by atoms with Crippen LogP contribution in [0.1, 0.15) is 22.3 Å². The maximum atomic E-state index is 6.63. The van der Waals surface area contributed by atoms with Gasteiger partial charge in [-0.05, 0) is 22.3 Å². The molecule has 0 N–H and O–H groups in total. The first kappa shape index (κ1) is 29.1. The molecule has 41 heavy (non-hydrogen) atoms. The van der Waals surface area contributed by atoms with E-state index < -0.39 is 30.7 Å². The predicted molar refractivity (Wildman–Crippen MR) is 157 cm³/mol. The minimum atomic E-state index is -0.665. The molecule has 214 valence electrons. The Morgan fingerprint density at radius 1 is 0.488 bits per heavy atom. The molecule has 0 aromatic heterocycles. The smallest absolute Gasteiger partial charge is 0.186 e. The minimum Gasteiger partial charge on any atom is -0.374 e. The van der Waals surface area contributed by atoms with Crippen molar-refractivity contribution in [1.82, 2.24) is 0 Å². The summed E-state index contributed by atoms with van der Waals surface area (Å²) >= 11 is 0. The summed E-state index contributed by atoms with van der Waals surface area (Å²) < 4.78 is 38.2. The lowest BCUT2D eigenvalue weighted by Crippen LogP contribution is -2.61. The van der Waals surface area contributed by atoms with Crippen molar-refractivity contribution in [2.75, 3.05) is 13.7 Å². The largest absolute Gasteiger partial charge is 0.374 e. The molecule has 1 fully saturated rings. The lowest BCUT2D eigenvalue weighted by Gasteiger charge is -2.45. The number of ether oxygens (including phenoxy) is 6. The molecule has 0 radical (unpaired) electrons. The topological polar surface area (TPSA) is 55.4 Å². The van der Waals surface area contributed by atoms with Gasteiger partial charge in [0.25, 0.3) is 0 Å². The van der Waals surface area contributed by atoms with E-state index in [2.05, 4.69) is 0 Å². The average molecular weight is 555 g/mol. The number of hydrogen-bond donors (Lipinski definition) is 0. The lowest BCUT2D eigenvalue weighted by molar-refractivity contribution is -0.323. The third-order valence-electron chi connectivity index (χ3n) is 7.07. The first-order valence-corrected chi connectivity index (χ1v) is 14.1. The van der Waals surface area contributed by atoms with Gasteiger partial charge in [0.1, 0.15) is 24.4 Å². The van der Waals surface area contributed by atoms with Gasteiger partial charge in [0.2, 0.25) is 0 Å². The highest BCUT2D eigenvalue weighted by atomic mass is 16.7. The number of benzene rings is 4. The maximum Gasteiger partial charge on any atom is 0.186 e. The van der Waals surface area contributed by atoms with Gasteiger partial charge in [-0.3, -0.25) is 0 Å². The molecule has 4 aromatic carbocycles. The molecular formula is C35H38O6. The van der Waals surface area contributed by atoms with Gasteiger partial charge in [-0.2, -0.15) is 0 Å². The molecule has 0 aliphatic carbocycles. The van der Waals surface area contributed by atoms with Crippen molar-refractivity contribution in [3.63, 3.8) is 0 Å². The summed E-state index contributed by atoms with van der Waals surface area (Å²) in [7, 11) is 1.63. The van der Waals surface area contributed by atoms with Crippen LogP contribution in [0.2, 0.25) is 0 Å². The second-order valence-corrected chi connectivity index (χ2v) is 10.1. The van der Waals surface area contributed by atoms with Crippen molar-refractivity contribution in [2.45, 2.75) is 57.1 Å². The molecule has 6 nitrogen and oxygen atoms in total. The first-order valence-electron chi connectivity index (χ1n) is 14.1. The van der Waals surface area contributed by atoms with E-state index in [1.165, 1.54) is 0 Å². The van der Waals surface area contributed by atoms with E-state index in [1.807, 2.05) is 121 Å². The number of hydrogen-bond acceptors (Lipinski definition) is 6. The van der Waals surface area contributed by atoms with E-state index in [9.17, 15) is 0 Å². The van der Waals surface area contributed by atoms with Crippen molar-refractivity contribution in [3.8, 4) is 0 Å². The van der Waals surface area contributed by atoms with Gasteiger partial charge in [-0.25, -0.2) is 0 Å². The van der Waals surface area contributed by atoms with E-state index in [0.29, 0.717) is 33.0 Å². The Hall–Kier alpha value is -3.36. The monoisotopic (exact) mass is 554 g/mol. The van der Waals surface area contributed by atoms with Gasteiger partial charge < -0.3 is 28.4 Å². The SMILES string of the molecule is CO[C@H]1O[C@H](COCc2ccccc2)[C@H](OCc2ccccc2)[C@H](OCc2ccccc2)[C@H]1OCc1ccccc1. The minimum absolute atomic E-state index is 0.310. The molecule has 1 aliphatic rings. The summed E-state index contributed by atoms with van der Waals surface area (Å²) in [6.07, 6.45) is -2.59. The Morgan fingerprint density at radius 2 is 0.878 bits per heavy atom. The fourth-order valence-corrected chi connectivity index (χ4v) is 4.94. The van der Waals surface area contributed by atoms with Crippen molar-refractivity contribution in [3.05, 3.63) is 144 Å². The van der Waals surface area contributed by atoms with Crippen LogP contribution in [0.5, 0.6) is 0 Å². The van der Waals surface area contributed by atoms with Gasteiger partial charge in [0.15, 0.2) is 6.29 Å². The zero-order valence-corrected chi connectivity index (χ0v) is 23.4. The second-order valence-electron chi connectivity index (χ2n) is 10.1. The predicted octanol–water partition coefficient (Wildman–Crippen LogP) is 6.33. The van der Waals surface area contributed by atoms with Crippen molar-refractivity contribution < 1.29 is 28.4 Å². The highest BCUT2D eigenvalue weighted by molar-refractivity contribution is 5.16. The van der Waals surface area contributed by atoms with Crippen LogP contribution in [0.15, 0.2) is 121 Å². The molecule has 0 bridgehead atoms. The van der Waals surface area contributed by atoms with Crippen molar-refractivity contribution in [1.29, 1.82) is 0 Å². The Kier molecular flexibility index (Phi) is 11.1. The fraction of sp³-hybridized carbons (Fsp3) is 0.314. The number of methoxy groups -OCH3 is 1. The Morgan fingerprint density at radius 3 is 1.32 bits per heavy atom. The molecule has 0 unspecified atom stereocenters. The molecule has 5 rings (SSSR count). The summed E-state index contributed by atoms with van der Waals surface area (Å²) in [5.74, 6) is 0. The summed E-state index contributed by atoms with van der Waals surface area (Å²) in [6.45, 7) is 1.97. The summed E-state index contributed by atoms with van der Waals surface area (Å²) in [6, 6.07) is 40.4. The van der Waals surface area contributed by atoms with Gasteiger partial charge in [0.05, 0.1) is 33.0 Å². The Bertz CT molecular complexity index is 1260. The van der Waals surface area contributed by atoms with Crippen LogP contribution in [0, 0.1) is 0 Å². The second kappa shape index (κ2) is 15.6. The molecule has 0 amide bonds. The average Bonchev–Trinajstić information content (AvgIpc) is 3.04. The molecule has 6 heteroatoms. The van der Waals surface area contributed by atoms with Crippen LogP contribution >= 0.6 is 0 Å². The molecule has 1 aliphatic heterocycles. The van der Waals surface area contributed by atoms with Crippen LogP contribution in [-0.4, -0.2) is 44.4 Å². The van der Waals surface area contributed by atoms with Crippen LogP contribution in [0.25, 0.3) is 0 Å². The molecular weight excluding hydrogens is 516 g/mol. The molecule has 0 saturated carbocycles. The molecule has 0 spiro atoms. The van der Waals surface area contributed by atoms with E-state index in [1.54, 1.807) is 7.11 Å². The van der Waals surface area contributed by atoms with Crippen LogP contribution in [-0.2, 0) is 54.8 Å². The van der Waals surface area contributed by atoms with Crippen LogP contribution in [0.3, 0.4) is 0 Å². The third-order valence-corrected chi connectivity index (χ3v) is 7.07. The summed E-state index contributed by atoms with van der Waals surface area (Å²) in [4.78, 5) is 0. The Balaban J connectivity index is 1.38. The van der Waals surface area contributed by atoms with Crippen molar-refractivity contribution in [2.24, 2.45) is 0 Å². The molecule has 5 atom stereocenters. The zero-order valence-electron chi connectivity index (χ0n) is 23.4. The van der Waals surface area contributed by atoms with Crippen molar-refractivity contribution >= 4 is 0 Å². The standard InChI is InChI=1S/C35H38O6/c1-36-35-34(40-25-30-20-12-5-13-21-30)33(39-24-29-18-10-4-11-19-29)32(38-23-28-16-8-3-9-17-28)31(41-35)26-37-22-27-14-6-2-7-15-27/h2-21,31-35H,22-26H2,1H3/t31-,32+,33+,34-,35+/m1/s1. The Labute approximate surface area is 242 Å². The quantitative estimate of drug-likeness (QED) is 0.182. The van der Waals surface area contributed by atoms with E-state index >= 15 is 0 Å². The van der Waals surface area contributed by atoms with Gasteiger partial charge in [-0.1, -0.05) is 121 Å². The van der Waals surface area contributed by atoms with E-state index in [4.69, 9.17) is 28.4 Å². The first-order chi connectivity index (χ1) is 20.3. The van der Waals surface area contributed by atoms with E-state index in [-0.39, 0.29) is 0 Å². The fourth-order valence-electron chi connectivity index (χ4n) is 4.94. The molecule has 4 aromatic rings. The highest BCUT2D eigenvalue weighted by Crippen LogP contribution is 2.31. The zero-order chi connectivity index (χ0) is 28.1. The lowest BCUT2D eigenvalue weighted by atomic mass is 9.97. The van der Waals surface area contributed by atoms with Gasteiger partial charge >= 0.3 is 0 Å². The summed E-state index contributed by atoms with van der Waals surface area (Å²) in [5.41, 5.74) is 4.27. The van der Waals surface area contributed by atoms with Crippen LogP contribution < -0.4 is 0 Å². The van der Waals surface area contributed by atoms with Gasteiger partial charge in [-0.15, -0.1) is 0 Å². The third kappa shape index (κ3) is 8.57. The number of rotatable bonds is 14. The molecule has 1 saturated heterocycles. The molecule has 1 heterocycles. The van der Waals surface area contributed by atoms with Crippen LogP contribution in [0.4, 0.5) is 0 Å². The maximum absolute atomic E-state index is 6.63. The normalized spacial score (nSPS) is 22.4. The van der Waals surface area contributed by atoms with Gasteiger partial charge in [0, 0.05) is 7.11 Å². The van der Waals surface area contributed by atoms with E-state index in [0.717, 1.165) is 22.3 Å². The highest BCUT2D eigenvalue weighted by Gasteiger charge is 2.48. The summed E-state index contributed by atoms with van der Waals surface area (Å²) in [5, 5.41) is 0.